The van der Waals surface area contributed by atoms with Crippen LogP contribution in [0.5, 0.6) is 0 Å². The summed E-state index contributed by atoms with van der Waals surface area (Å²) >= 11 is 0. The fourth-order valence-electron chi connectivity index (χ4n) is 2.28. The monoisotopic (exact) mass is 278 g/mol. The Kier molecular flexibility index (Phi) is 3.52. The zero-order valence-electron chi connectivity index (χ0n) is 12.5. The molecular formula is C17H18N4. The summed E-state index contributed by atoms with van der Waals surface area (Å²) in [4.78, 5) is 4.50. The molecule has 2 aromatic heterocycles. The molecule has 4 nitrogen and oxygen atoms in total. The fraction of sp³-hybridized carbons (Fsp3) is 0.235. The van der Waals surface area contributed by atoms with Gasteiger partial charge in [-0.05, 0) is 49.6 Å². The second kappa shape index (κ2) is 5.48. The summed E-state index contributed by atoms with van der Waals surface area (Å²) in [5.41, 5.74) is 5.11. The van der Waals surface area contributed by atoms with Crippen molar-refractivity contribution in [2.75, 3.05) is 0 Å². The van der Waals surface area contributed by atoms with Crippen molar-refractivity contribution in [2.24, 2.45) is 10.2 Å². The largest absolute Gasteiger partial charge is 0.283 e. The van der Waals surface area contributed by atoms with Gasteiger partial charge in [-0.25, -0.2) is 4.98 Å². The summed E-state index contributed by atoms with van der Waals surface area (Å²) in [5.74, 6) is 0.785. The van der Waals surface area contributed by atoms with Crippen molar-refractivity contribution in [1.29, 1.82) is 0 Å². The van der Waals surface area contributed by atoms with E-state index in [0.29, 0.717) is 0 Å². The van der Waals surface area contributed by atoms with E-state index in [1.54, 1.807) is 0 Å². The van der Waals surface area contributed by atoms with Gasteiger partial charge in [-0.1, -0.05) is 25.1 Å². The highest BCUT2D eigenvalue weighted by atomic mass is 15.2. The number of rotatable bonds is 3. The number of pyridine rings is 1. The van der Waals surface area contributed by atoms with Gasteiger partial charge in [0.2, 0.25) is 0 Å². The molecule has 3 aromatic rings. The van der Waals surface area contributed by atoms with Crippen LogP contribution in [0.2, 0.25) is 0 Å². The Morgan fingerprint density at radius 2 is 1.76 bits per heavy atom. The molecule has 1 aromatic carbocycles. The van der Waals surface area contributed by atoms with Crippen LogP contribution in [0, 0.1) is 13.8 Å². The first-order valence-electron chi connectivity index (χ1n) is 7.13. The molecule has 0 aliphatic heterocycles. The zero-order chi connectivity index (χ0) is 14.8. The van der Waals surface area contributed by atoms with Crippen molar-refractivity contribution in [3.8, 4) is 0 Å². The molecule has 0 aliphatic carbocycles. The van der Waals surface area contributed by atoms with Crippen molar-refractivity contribution in [2.45, 2.75) is 27.2 Å². The highest BCUT2D eigenvalue weighted by molar-refractivity contribution is 5.52. The van der Waals surface area contributed by atoms with Crippen LogP contribution in [0.1, 0.15) is 23.7 Å². The van der Waals surface area contributed by atoms with Crippen LogP contribution in [0.3, 0.4) is 0 Å². The lowest BCUT2D eigenvalue weighted by Gasteiger charge is -1.99. The minimum Gasteiger partial charge on any atom is -0.283 e. The van der Waals surface area contributed by atoms with Gasteiger partial charge < -0.3 is 0 Å². The van der Waals surface area contributed by atoms with Crippen LogP contribution in [0.4, 0.5) is 11.5 Å². The third-order valence-electron chi connectivity index (χ3n) is 3.51. The molecule has 0 unspecified atom stereocenters. The van der Waals surface area contributed by atoms with Crippen LogP contribution < -0.4 is 0 Å². The second-order valence-corrected chi connectivity index (χ2v) is 5.18. The normalized spacial score (nSPS) is 11.6. The number of nitrogens with zero attached hydrogens (tertiary/aromatic N) is 4. The molecule has 21 heavy (non-hydrogen) atoms. The quantitative estimate of drug-likeness (QED) is 0.626. The number of aryl methyl sites for hydroxylation is 3. The van der Waals surface area contributed by atoms with Crippen LogP contribution in [0.15, 0.2) is 52.8 Å². The van der Waals surface area contributed by atoms with Gasteiger partial charge in [0.1, 0.15) is 5.65 Å². The summed E-state index contributed by atoms with van der Waals surface area (Å²) < 4.78 is 1.98. The number of azo groups is 1. The van der Waals surface area contributed by atoms with Crippen molar-refractivity contribution in [1.82, 2.24) is 9.38 Å². The Bertz CT molecular complexity index is 798. The summed E-state index contributed by atoms with van der Waals surface area (Å²) in [6, 6.07) is 12.2. The van der Waals surface area contributed by atoms with Crippen LogP contribution >= 0.6 is 0 Å². The summed E-state index contributed by atoms with van der Waals surface area (Å²) in [6.45, 7) is 6.15. The maximum absolute atomic E-state index is 4.50. The molecule has 0 saturated heterocycles. The first-order chi connectivity index (χ1) is 10.2. The van der Waals surface area contributed by atoms with E-state index in [2.05, 4.69) is 41.2 Å². The number of hydrogen-bond donors (Lipinski definition) is 0. The summed E-state index contributed by atoms with van der Waals surface area (Å²) in [5, 5.41) is 8.72. The highest BCUT2D eigenvalue weighted by Crippen LogP contribution is 2.24. The number of benzene rings is 1. The van der Waals surface area contributed by atoms with E-state index in [4.69, 9.17) is 0 Å². The molecule has 0 radical (unpaired) electrons. The maximum atomic E-state index is 4.50. The minimum absolute atomic E-state index is 0.785. The molecule has 0 N–H and O–H groups in total. The SMILES string of the molecule is CCc1ccc(N=Nc2c(C)nc3ccc(C)cn23)cc1. The lowest BCUT2D eigenvalue weighted by atomic mass is 10.2. The number of imidazole rings is 1. The third kappa shape index (κ3) is 2.70. The van der Waals surface area contributed by atoms with Crippen molar-refractivity contribution < 1.29 is 0 Å². The molecule has 0 fully saturated rings. The van der Waals surface area contributed by atoms with E-state index in [1.165, 1.54) is 11.1 Å². The highest BCUT2D eigenvalue weighted by Gasteiger charge is 2.07. The van der Waals surface area contributed by atoms with Crippen molar-refractivity contribution >= 4 is 17.2 Å². The minimum atomic E-state index is 0.785. The Balaban J connectivity index is 1.98. The van der Waals surface area contributed by atoms with Gasteiger partial charge in [0.05, 0.1) is 11.4 Å². The molecule has 0 aliphatic rings. The van der Waals surface area contributed by atoms with Crippen molar-refractivity contribution in [3.63, 3.8) is 0 Å². The first-order valence-corrected chi connectivity index (χ1v) is 7.13. The van der Waals surface area contributed by atoms with Gasteiger partial charge in [-0.2, -0.15) is 0 Å². The lowest BCUT2D eigenvalue weighted by Crippen LogP contribution is -1.84. The van der Waals surface area contributed by atoms with E-state index < -0.39 is 0 Å². The topological polar surface area (TPSA) is 42.0 Å². The van der Waals surface area contributed by atoms with Crippen LogP contribution in [-0.4, -0.2) is 9.38 Å². The molecule has 0 bridgehead atoms. The Hall–Kier alpha value is -2.49. The first kappa shape index (κ1) is 13.5. The Morgan fingerprint density at radius 1 is 1.00 bits per heavy atom. The van der Waals surface area contributed by atoms with Gasteiger partial charge in [0, 0.05) is 6.20 Å². The van der Waals surface area contributed by atoms with Gasteiger partial charge >= 0.3 is 0 Å². The molecular weight excluding hydrogens is 260 g/mol. The second-order valence-electron chi connectivity index (χ2n) is 5.18. The smallest absolute Gasteiger partial charge is 0.182 e. The maximum Gasteiger partial charge on any atom is 0.182 e. The van der Waals surface area contributed by atoms with E-state index in [1.807, 2.05) is 41.8 Å². The Labute approximate surface area is 124 Å². The summed E-state index contributed by atoms with van der Waals surface area (Å²) in [7, 11) is 0. The van der Waals surface area contributed by atoms with Gasteiger partial charge in [-0.3, -0.25) is 4.40 Å². The molecule has 106 valence electrons. The standard InChI is InChI=1S/C17H18N4/c1-4-14-6-8-15(9-7-14)19-20-17-13(3)18-16-10-5-12(2)11-21(16)17/h5-11H,4H2,1-3H3. The van der Waals surface area contributed by atoms with E-state index >= 15 is 0 Å². The van der Waals surface area contributed by atoms with Crippen molar-refractivity contribution in [3.05, 3.63) is 59.4 Å². The average Bonchev–Trinajstić information content (AvgIpc) is 2.80. The Morgan fingerprint density at radius 3 is 2.48 bits per heavy atom. The molecule has 0 spiro atoms. The van der Waals surface area contributed by atoms with Gasteiger partial charge in [0.25, 0.3) is 0 Å². The third-order valence-corrected chi connectivity index (χ3v) is 3.51. The molecule has 0 atom stereocenters. The van der Waals surface area contributed by atoms with E-state index in [0.717, 1.165) is 29.3 Å². The number of hydrogen-bond acceptors (Lipinski definition) is 3. The summed E-state index contributed by atoms with van der Waals surface area (Å²) in [6.07, 6.45) is 3.06. The van der Waals surface area contributed by atoms with E-state index in [9.17, 15) is 0 Å². The zero-order valence-corrected chi connectivity index (χ0v) is 12.5. The van der Waals surface area contributed by atoms with Crippen LogP contribution in [0.25, 0.3) is 5.65 Å². The predicted molar refractivity (Wildman–Crippen MR) is 84.7 cm³/mol. The lowest BCUT2D eigenvalue weighted by molar-refractivity contribution is 1.08. The number of fused-ring (bicyclic) bond motifs is 1. The fourth-order valence-corrected chi connectivity index (χ4v) is 2.28. The van der Waals surface area contributed by atoms with Gasteiger partial charge in [-0.15, -0.1) is 10.2 Å². The van der Waals surface area contributed by atoms with E-state index in [-0.39, 0.29) is 0 Å². The molecule has 0 saturated carbocycles. The average molecular weight is 278 g/mol. The molecule has 2 heterocycles. The van der Waals surface area contributed by atoms with Crippen LogP contribution in [-0.2, 0) is 6.42 Å². The molecule has 0 amide bonds. The predicted octanol–water partition coefficient (Wildman–Crippen LogP) is 4.93. The molecule has 4 heteroatoms. The van der Waals surface area contributed by atoms with Gasteiger partial charge in [0.15, 0.2) is 5.82 Å². The number of aromatic nitrogens is 2. The molecule has 3 rings (SSSR count).